The summed E-state index contributed by atoms with van der Waals surface area (Å²) in [6.45, 7) is 3.48. The van der Waals surface area contributed by atoms with E-state index in [0.717, 1.165) is 18.2 Å². The molecule has 29 heavy (non-hydrogen) atoms. The summed E-state index contributed by atoms with van der Waals surface area (Å²) in [5.41, 5.74) is -0.0181. The molecule has 0 saturated heterocycles. The number of aromatic nitrogens is 1. The number of halogens is 4. The fourth-order valence-corrected chi connectivity index (χ4v) is 2.55. The van der Waals surface area contributed by atoms with Crippen LogP contribution in [0.5, 0.6) is 5.75 Å². The molecule has 0 radical (unpaired) electrons. The van der Waals surface area contributed by atoms with Crippen LogP contribution in [0.3, 0.4) is 0 Å². The number of benzene rings is 1. The Kier molecular flexibility index (Phi) is 7.44. The molecule has 156 valence electrons. The van der Waals surface area contributed by atoms with Gasteiger partial charge in [-0.25, -0.2) is 4.98 Å². The number of hydrogen-bond acceptors (Lipinski definition) is 4. The van der Waals surface area contributed by atoms with Crippen LogP contribution >= 0.6 is 11.6 Å². The lowest BCUT2D eigenvalue weighted by atomic mass is 10.2. The standard InChI is InChI=1S/C19H19ClF3N3O3/c1-3-17(27)26-16-9-12(8-11(2)25-16)18(28)24-6-7-29-15-5-4-13(10-14(15)20)19(21,22)23/h4-5,8-10H,3,6-7H2,1-2H3,(H,24,28)(H,25,26,27). The molecule has 1 heterocycles. The summed E-state index contributed by atoms with van der Waals surface area (Å²) in [6, 6.07) is 5.78. The minimum absolute atomic E-state index is 0.000315. The minimum atomic E-state index is -4.49. The highest BCUT2D eigenvalue weighted by Gasteiger charge is 2.31. The van der Waals surface area contributed by atoms with Crippen molar-refractivity contribution in [2.75, 3.05) is 18.5 Å². The van der Waals surface area contributed by atoms with Crippen molar-refractivity contribution in [1.29, 1.82) is 0 Å². The van der Waals surface area contributed by atoms with E-state index < -0.39 is 17.6 Å². The van der Waals surface area contributed by atoms with Gasteiger partial charge in [-0.15, -0.1) is 0 Å². The molecule has 1 aromatic heterocycles. The van der Waals surface area contributed by atoms with Crippen molar-refractivity contribution in [3.63, 3.8) is 0 Å². The van der Waals surface area contributed by atoms with Crippen LogP contribution in [0.2, 0.25) is 5.02 Å². The molecule has 0 aliphatic carbocycles. The number of nitrogens with one attached hydrogen (secondary N) is 2. The molecule has 0 spiro atoms. The molecule has 0 fully saturated rings. The third-order valence-corrected chi connectivity index (χ3v) is 4.00. The van der Waals surface area contributed by atoms with Gasteiger partial charge in [-0.3, -0.25) is 9.59 Å². The van der Waals surface area contributed by atoms with Gasteiger partial charge >= 0.3 is 6.18 Å². The molecular formula is C19H19ClF3N3O3. The number of carbonyl (C=O) groups excluding carboxylic acids is 2. The monoisotopic (exact) mass is 429 g/mol. The average Bonchev–Trinajstić information content (AvgIpc) is 2.64. The number of carbonyl (C=O) groups is 2. The van der Waals surface area contributed by atoms with Crippen LogP contribution in [0.4, 0.5) is 19.0 Å². The molecule has 2 amide bonds. The van der Waals surface area contributed by atoms with Crippen LogP contribution in [-0.4, -0.2) is 29.9 Å². The Morgan fingerprint density at radius 2 is 1.93 bits per heavy atom. The number of alkyl halides is 3. The number of aryl methyl sites for hydroxylation is 1. The zero-order valence-corrected chi connectivity index (χ0v) is 16.4. The molecular weight excluding hydrogens is 411 g/mol. The number of nitrogens with zero attached hydrogens (tertiary/aromatic N) is 1. The van der Waals surface area contributed by atoms with Crippen molar-refractivity contribution in [1.82, 2.24) is 10.3 Å². The van der Waals surface area contributed by atoms with Gasteiger partial charge in [0.15, 0.2) is 0 Å². The van der Waals surface area contributed by atoms with E-state index in [2.05, 4.69) is 15.6 Å². The molecule has 0 atom stereocenters. The summed E-state index contributed by atoms with van der Waals surface area (Å²) in [5, 5.41) is 5.03. The van der Waals surface area contributed by atoms with Gasteiger partial charge in [-0.05, 0) is 37.3 Å². The Morgan fingerprint density at radius 1 is 1.21 bits per heavy atom. The largest absolute Gasteiger partial charge is 0.490 e. The van der Waals surface area contributed by atoms with Crippen LogP contribution in [0.15, 0.2) is 30.3 Å². The van der Waals surface area contributed by atoms with Gasteiger partial charge in [0.1, 0.15) is 18.2 Å². The SMILES string of the molecule is CCC(=O)Nc1cc(C(=O)NCCOc2ccc(C(F)(F)F)cc2Cl)cc(C)n1. The van der Waals surface area contributed by atoms with Gasteiger partial charge < -0.3 is 15.4 Å². The number of anilines is 1. The maximum absolute atomic E-state index is 12.6. The van der Waals surface area contributed by atoms with Gasteiger partial charge in [-0.2, -0.15) is 13.2 Å². The molecule has 0 unspecified atom stereocenters. The second kappa shape index (κ2) is 9.60. The quantitative estimate of drug-likeness (QED) is 0.646. The zero-order valence-electron chi connectivity index (χ0n) is 15.7. The van der Waals surface area contributed by atoms with E-state index >= 15 is 0 Å². The molecule has 0 bridgehead atoms. The van der Waals surface area contributed by atoms with E-state index in [9.17, 15) is 22.8 Å². The highest BCUT2D eigenvalue weighted by atomic mass is 35.5. The van der Waals surface area contributed by atoms with Gasteiger partial charge in [0.2, 0.25) is 5.91 Å². The van der Waals surface area contributed by atoms with Crippen molar-refractivity contribution in [3.8, 4) is 5.75 Å². The molecule has 0 saturated carbocycles. The maximum atomic E-state index is 12.6. The molecule has 1 aromatic carbocycles. The predicted octanol–water partition coefficient (Wildman–Crippen LogP) is 4.22. The van der Waals surface area contributed by atoms with E-state index in [0.29, 0.717) is 11.3 Å². The second-order valence-corrected chi connectivity index (χ2v) is 6.44. The molecule has 0 aliphatic heterocycles. The minimum Gasteiger partial charge on any atom is -0.490 e. The van der Waals surface area contributed by atoms with E-state index in [1.165, 1.54) is 6.07 Å². The van der Waals surface area contributed by atoms with Crippen LogP contribution in [0.1, 0.15) is 35.0 Å². The molecule has 6 nitrogen and oxygen atoms in total. The van der Waals surface area contributed by atoms with Crippen LogP contribution in [0, 0.1) is 6.92 Å². The van der Waals surface area contributed by atoms with Gasteiger partial charge in [-0.1, -0.05) is 18.5 Å². The lowest BCUT2D eigenvalue weighted by Gasteiger charge is -2.12. The number of hydrogen-bond donors (Lipinski definition) is 2. The highest BCUT2D eigenvalue weighted by Crippen LogP contribution is 2.34. The third kappa shape index (κ3) is 6.63. The molecule has 2 rings (SSSR count). The van der Waals surface area contributed by atoms with Crippen molar-refractivity contribution in [2.45, 2.75) is 26.4 Å². The first-order chi connectivity index (χ1) is 13.6. The predicted molar refractivity (Wildman–Crippen MR) is 102 cm³/mol. The van der Waals surface area contributed by atoms with Crippen molar-refractivity contribution >= 4 is 29.2 Å². The van der Waals surface area contributed by atoms with Crippen molar-refractivity contribution < 1.29 is 27.5 Å². The van der Waals surface area contributed by atoms with E-state index in [1.54, 1.807) is 19.9 Å². The zero-order chi connectivity index (χ0) is 21.6. The summed E-state index contributed by atoms with van der Waals surface area (Å²) in [4.78, 5) is 27.9. The number of ether oxygens (including phenoxy) is 1. The molecule has 0 aliphatic rings. The number of pyridine rings is 1. The Balaban J connectivity index is 1.91. The normalized spacial score (nSPS) is 11.1. The summed E-state index contributed by atoms with van der Waals surface area (Å²) in [7, 11) is 0. The van der Waals surface area contributed by atoms with Crippen molar-refractivity contribution in [2.24, 2.45) is 0 Å². The van der Waals surface area contributed by atoms with Crippen LogP contribution < -0.4 is 15.4 Å². The first-order valence-corrected chi connectivity index (χ1v) is 9.04. The first-order valence-electron chi connectivity index (χ1n) is 8.66. The lowest BCUT2D eigenvalue weighted by Crippen LogP contribution is -2.28. The lowest BCUT2D eigenvalue weighted by molar-refractivity contribution is -0.137. The van der Waals surface area contributed by atoms with Crippen LogP contribution in [0.25, 0.3) is 0 Å². The average molecular weight is 430 g/mol. The summed E-state index contributed by atoms with van der Waals surface area (Å²) < 4.78 is 43.2. The summed E-state index contributed by atoms with van der Waals surface area (Å²) in [5.74, 6) is -0.283. The number of amides is 2. The Labute approximate surface area is 170 Å². The molecule has 10 heteroatoms. The molecule has 2 N–H and O–H groups in total. The summed E-state index contributed by atoms with van der Waals surface area (Å²) >= 11 is 5.81. The van der Waals surface area contributed by atoms with E-state index in [4.69, 9.17) is 16.3 Å². The fraction of sp³-hybridized carbons (Fsp3) is 0.316. The highest BCUT2D eigenvalue weighted by molar-refractivity contribution is 6.32. The first kappa shape index (κ1) is 22.5. The fourth-order valence-electron chi connectivity index (χ4n) is 2.32. The Morgan fingerprint density at radius 3 is 2.55 bits per heavy atom. The van der Waals surface area contributed by atoms with Gasteiger partial charge in [0.05, 0.1) is 17.1 Å². The van der Waals surface area contributed by atoms with E-state index in [-0.39, 0.29) is 42.1 Å². The summed E-state index contributed by atoms with van der Waals surface area (Å²) in [6.07, 6.45) is -4.21. The smallest absolute Gasteiger partial charge is 0.416 e. The van der Waals surface area contributed by atoms with Crippen LogP contribution in [-0.2, 0) is 11.0 Å². The van der Waals surface area contributed by atoms with Gasteiger partial charge in [0.25, 0.3) is 5.91 Å². The Hall–Kier alpha value is -2.81. The number of rotatable bonds is 7. The molecule has 2 aromatic rings. The van der Waals surface area contributed by atoms with Crippen molar-refractivity contribution in [3.05, 3.63) is 52.2 Å². The van der Waals surface area contributed by atoms with E-state index in [1.807, 2.05) is 0 Å². The third-order valence-electron chi connectivity index (χ3n) is 3.71. The maximum Gasteiger partial charge on any atom is 0.416 e. The Bertz CT molecular complexity index is 904. The van der Waals surface area contributed by atoms with Gasteiger partial charge in [0, 0.05) is 17.7 Å². The second-order valence-electron chi connectivity index (χ2n) is 6.03. The topological polar surface area (TPSA) is 80.3 Å².